The van der Waals surface area contributed by atoms with E-state index in [-0.39, 0.29) is 5.96 Å². The summed E-state index contributed by atoms with van der Waals surface area (Å²) in [6.45, 7) is 3.27. The molecule has 0 spiro atoms. The minimum atomic E-state index is 0.230. The number of fused-ring (bicyclic) bond motifs is 1. The van der Waals surface area contributed by atoms with Crippen LogP contribution < -0.4 is 11.5 Å². The van der Waals surface area contributed by atoms with Gasteiger partial charge in [0.15, 0.2) is 5.96 Å². The Bertz CT molecular complexity index is 210. The highest BCUT2D eigenvalue weighted by atomic mass is 15.3. The van der Waals surface area contributed by atoms with Crippen LogP contribution in [0.2, 0.25) is 0 Å². The fourth-order valence-corrected chi connectivity index (χ4v) is 2.72. The number of guanidine groups is 1. The van der Waals surface area contributed by atoms with Gasteiger partial charge in [-0.15, -0.1) is 0 Å². The van der Waals surface area contributed by atoms with Crippen molar-refractivity contribution in [3.63, 3.8) is 0 Å². The maximum absolute atomic E-state index is 5.36. The molecule has 2 aliphatic heterocycles. The third-order valence-corrected chi connectivity index (χ3v) is 3.37. The third-order valence-electron chi connectivity index (χ3n) is 3.37. The van der Waals surface area contributed by atoms with Crippen molar-refractivity contribution in [3.8, 4) is 0 Å². The molecular weight excluding hydrogens is 164 g/mol. The van der Waals surface area contributed by atoms with E-state index >= 15 is 0 Å². The first-order valence-electron chi connectivity index (χ1n) is 5.03. The Hall–Kier alpha value is -0.770. The van der Waals surface area contributed by atoms with Gasteiger partial charge in [0.05, 0.1) is 6.54 Å². The van der Waals surface area contributed by atoms with Crippen LogP contribution in [0.1, 0.15) is 25.7 Å². The van der Waals surface area contributed by atoms with E-state index < -0.39 is 0 Å². The van der Waals surface area contributed by atoms with Gasteiger partial charge in [-0.25, -0.2) is 0 Å². The van der Waals surface area contributed by atoms with Crippen LogP contribution >= 0.6 is 0 Å². The fourth-order valence-electron chi connectivity index (χ4n) is 2.72. The van der Waals surface area contributed by atoms with Crippen LogP contribution in [0.25, 0.3) is 0 Å². The molecule has 74 valence electrons. The first kappa shape index (κ1) is 8.81. The SMILES string of the molecule is NC(N)=NCC12CCCN1CCC2. The van der Waals surface area contributed by atoms with E-state index in [2.05, 4.69) is 9.89 Å². The molecule has 0 aromatic heterocycles. The summed E-state index contributed by atoms with van der Waals surface area (Å²) < 4.78 is 0. The fraction of sp³-hybridized carbons (Fsp3) is 0.889. The summed E-state index contributed by atoms with van der Waals surface area (Å²) in [6, 6.07) is 0. The Morgan fingerprint density at radius 2 is 1.85 bits per heavy atom. The van der Waals surface area contributed by atoms with Crippen molar-refractivity contribution < 1.29 is 0 Å². The molecule has 0 aromatic carbocycles. The zero-order chi connectivity index (χ0) is 9.31. The lowest BCUT2D eigenvalue weighted by Crippen LogP contribution is -2.42. The molecule has 2 heterocycles. The predicted octanol–water partition coefficient (Wildman–Crippen LogP) is -0.112. The lowest BCUT2D eigenvalue weighted by atomic mass is 9.94. The van der Waals surface area contributed by atoms with Crippen LogP contribution in [0.3, 0.4) is 0 Å². The molecule has 0 amide bonds. The second kappa shape index (κ2) is 3.18. The Morgan fingerprint density at radius 3 is 2.38 bits per heavy atom. The van der Waals surface area contributed by atoms with E-state index in [4.69, 9.17) is 11.5 Å². The lowest BCUT2D eigenvalue weighted by Gasteiger charge is -2.30. The molecule has 2 aliphatic rings. The summed E-state index contributed by atoms with van der Waals surface area (Å²) >= 11 is 0. The van der Waals surface area contributed by atoms with E-state index in [9.17, 15) is 0 Å². The summed E-state index contributed by atoms with van der Waals surface area (Å²) in [7, 11) is 0. The van der Waals surface area contributed by atoms with Crippen LogP contribution in [0, 0.1) is 0 Å². The lowest BCUT2D eigenvalue weighted by molar-refractivity contribution is 0.204. The number of hydrogen-bond donors (Lipinski definition) is 2. The summed E-state index contributed by atoms with van der Waals surface area (Å²) in [4.78, 5) is 6.73. The first-order chi connectivity index (χ1) is 6.23. The minimum Gasteiger partial charge on any atom is -0.370 e. The van der Waals surface area contributed by atoms with Crippen LogP contribution in [0.15, 0.2) is 4.99 Å². The summed E-state index contributed by atoms with van der Waals surface area (Å²) in [6.07, 6.45) is 5.15. The van der Waals surface area contributed by atoms with Crippen molar-refractivity contribution in [1.29, 1.82) is 0 Å². The molecule has 0 atom stereocenters. The molecule has 2 fully saturated rings. The molecule has 4 N–H and O–H groups in total. The Kier molecular flexibility index (Phi) is 2.15. The van der Waals surface area contributed by atoms with Gasteiger partial charge in [-0.05, 0) is 38.8 Å². The average molecular weight is 182 g/mol. The minimum absolute atomic E-state index is 0.230. The van der Waals surface area contributed by atoms with Gasteiger partial charge in [-0.2, -0.15) is 0 Å². The second-order valence-electron chi connectivity index (χ2n) is 4.16. The Labute approximate surface area is 79.0 Å². The zero-order valence-corrected chi connectivity index (χ0v) is 8.00. The van der Waals surface area contributed by atoms with Crippen molar-refractivity contribution in [2.45, 2.75) is 31.2 Å². The summed E-state index contributed by atoms with van der Waals surface area (Å²) in [5.74, 6) is 0.230. The average Bonchev–Trinajstić information content (AvgIpc) is 2.57. The molecule has 0 saturated carbocycles. The van der Waals surface area contributed by atoms with E-state index in [1.54, 1.807) is 0 Å². The largest absolute Gasteiger partial charge is 0.370 e. The highest BCUT2D eigenvalue weighted by Crippen LogP contribution is 2.38. The van der Waals surface area contributed by atoms with Gasteiger partial charge in [0.25, 0.3) is 0 Å². The molecule has 2 saturated heterocycles. The summed E-state index contributed by atoms with van der Waals surface area (Å²) in [5, 5.41) is 0. The van der Waals surface area contributed by atoms with Crippen molar-refractivity contribution in [2.75, 3.05) is 19.6 Å². The van der Waals surface area contributed by atoms with Crippen molar-refractivity contribution in [2.24, 2.45) is 16.5 Å². The molecule has 4 heteroatoms. The smallest absolute Gasteiger partial charge is 0.185 e. The van der Waals surface area contributed by atoms with Crippen molar-refractivity contribution in [1.82, 2.24) is 4.90 Å². The molecule has 13 heavy (non-hydrogen) atoms. The normalized spacial score (nSPS) is 25.8. The van der Waals surface area contributed by atoms with Crippen molar-refractivity contribution >= 4 is 5.96 Å². The second-order valence-corrected chi connectivity index (χ2v) is 4.16. The molecule has 0 aliphatic carbocycles. The van der Waals surface area contributed by atoms with Gasteiger partial charge in [-0.1, -0.05) is 0 Å². The monoisotopic (exact) mass is 182 g/mol. The van der Waals surface area contributed by atoms with Gasteiger partial charge >= 0.3 is 0 Å². The van der Waals surface area contributed by atoms with E-state index in [0.717, 1.165) is 6.54 Å². The maximum Gasteiger partial charge on any atom is 0.185 e. The molecule has 0 radical (unpaired) electrons. The number of nitrogens with two attached hydrogens (primary N) is 2. The van der Waals surface area contributed by atoms with Crippen molar-refractivity contribution in [3.05, 3.63) is 0 Å². The maximum atomic E-state index is 5.36. The van der Waals surface area contributed by atoms with Gasteiger partial charge < -0.3 is 11.5 Å². The quantitative estimate of drug-likeness (QED) is 0.462. The highest BCUT2D eigenvalue weighted by Gasteiger charge is 2.43. The molecule has 0 aromatic rings. The van der Waals surface area contributed by atoms with Gasteiger partial charge in [-0.3, -0.25) is 9.89 Å². The van der Waals surface area contributed by atoms with E-state index in [1.165, 1.54) is 38.8 Å². The predicted molar refractivity (Wildman–Crippen MR) is 53.4 cm³/mol. The molecule has 0 unspecified atom stereocenters. The van der Waals surface area contributed by atoms with Crippen LogP contribution in [0.5, 0.6) is 0 Å². The number of aliphatic imine (C=N–C) groups is 1. The number of rotatable bonds is 2. The van der Waals surface area contributed by atoms with E-state index in [0.29, 0.717) is 5.54 Å². The first-order valence-corrected chi connectivity index (χ1v) is 5.03. The molecular formula is C9H18N4. The van der Waals surface area contributed by atoms with Crippen LogP contribution in [0.4, 0.5) is 0 Å². The molecule has 2 rings (SSSR count). The van der Waals surface area contributed by atoms with Crippen LogP contribution in [-0.2, 0) is 0 Å². The Morgan fingerprint density at radius 1 is 1.23 bits per heavy atom. The highest BCUT2D eigenvalue weighted by molar-refractivity contribution is 5.75. The standard InChI is InChI=1S/C9H18N4/c10-8(11)12-7-9-3-1-5-13(9)6-2-4-9/h1-7H2,(H4,10,11,12). The van der Waals surface area contributed by atoms with Gasteiger partial charge in [0, 0.05) is 5.54 Å². The van der Waals surface area contributed by atoms with Crippen LogP contribution in [-0.4, -0.2) is 36.0 Å². The number of nitrogens with zero attached hydrogens (tertiary/aromatic N) is 2. The zero-order valence-electron chi connectivity index (χ0n) is 8.00. The van der Waals surface area contributed by atoms with E-state index in [1.807, 2.05) is 0 Å². The van der Waals surface area contributed by atoms with Gasteiger partial charge in [0.2, 0.25) is 0 Å². The molecule has 4 nitrogen and oxygen atoms in total. The third kappa shape index (κ3) is 1.50. The van der Waals surface area contributed by atoms with Gasteiger partial charge in [0.1, 0.15) is 0 Å². The summed E-state index contributed by atoms with van der Waals surface area (Å²) in [5.41, 5.74) is 11.0. The topological polar surface area (TPSA) is 67.6 Å². The number of hydrogen-bond acceptors (Lipinski definition) is 2. The Balaban J connectivity index is 2.05. The molecule has 0 bridgehead atoms.